The molecule has 1 heterocycles. The van der Waals surface area contributed by atoms with Gasteiger partial charge in [-0.3, -0.25) is 14.9 Å². The summed E-state index contributed by atoms with van der Waals surface area (Å²) in [4.78, 5) is 36.4. The Labute approximate surface area is 171 Å². The van der Waals surface area contributed by atoms with Crippen LogP contribution in [0, 0.1) is 21.4 Å². The average molecular weight is 411 g/mol. The smallest absolute Gasteiger partial charge is 0.338 e. The fourth-order valence-electron chi connectivity index (χ4n) is 2.79. The zero-order valence-electron chi connectivity index (χ0n) is 15.8. The molecule has 2 aromatic rings. The third kappa shape index (κ3) is 4.82. The number of non-ortho nitro benzene ring substituents is 1. The van der Waals surface area contributed by atoms with Gasteiger partial charge in [-0.2, -0.15) is 5.26 Å². The van der Waals surface area contributed by atoms with E-state index in [1.807, 2.05) is 6.07 Å². The predicted octanol–water partition coefficient (Wildman–Crippen LogP) is 2.47. The molecule has 1 aliphatic rings. The van der Waals surface area contributed by atoms with Crippen molar-refractivity contribution in [2.24, 2.45) is 0 Å². The zero-order chi connectivity index (χ0) is 21.5. The second-order valence-electron chi connectivity index (χ2n) is 6.17. The number of nitrogens with zero attached hydrogens (tertiary/aromatic N) is 3. The van der Waals surface area contributed by atoms with Gasteiger partial charge in [0, 0.05) is 30.4 Å². The van der Waals surface area contributed by atoms with Crippen molar-refractivity contribution in [3.8, 4) is 17.6 Å². The average Bonchev–Trinajstić information content (AvgIpc) is 2.77. The van der Waals surface area contributed by atoms with Crippen molar-refractivity contribution in [1.29, 1.82) is 5.26 Å². The second-order valence-corrected chi connectivity index (χ2v) is 6.17. The lowest BCUT2D eigenvalue weighted by Crippen LogP contribution is -2.35. The number of esters is 1. The Morgan fingerprint density at radius 2 is 1.93 bits per heavy atom. The Hall–Kier alpha value is -4.13. The molecule has 154 valence electrons. The largest absolute Gasteiger partial charge is 0.486 e. The van der Waals surface area contributed by atoms with Crippen LogP contribution >= 0.6 is 0 Å². The van der Waals surface area contributed by atoms with Crippen LogP contribution in [0.4, 0.5) is 11.4 Å². The maximum Gasteiger partial charge on any atom is 0.338 e. The fraction of sp³-hybridized carbons (Fsp3) is 0.250. The zero-order valence-corrected chi connectivity index (χ0v) is 15.8. The molecule has 0 radical (unpaired) electrons. The summed E-state index contributed by atoms with van der Waals surface area (Å²) in [7, 11) is 0. The van der Waals surface area contributed by atoms with Crippen molar-refractivity contribution in [3.05, 3.63) is 58.1 Å². The number of anilines is 1. The van der Waals surface area contributed by atoms with Crippen LogP contribution < -0.4 is 14.4 Å². The highest BCUT2D eigenvalue weighted by atomic mass is 16.6. The van der Waals surface area contributed by atoms with Crippen molar-refractivity contribution in [2.75, 3.05) is 31.3 Å². The topological polar surface area (TPSA) is 132 Å². The third-order valence-electron chi connectivity index (χ3n) is 4.21. The van der Waals surface area contributed by atoms with Crippen molar-refractivity contribution in [2.45, 2.75) is 6.42 Å². The molecule has 10 nitrogen and oxygen atoms in total. The monoisotopic (exact) mass is 411 g/mol. The normalized spacial score (nSPS) is 11.8. The lowest BCUT2D eigenvalue weighted by Gasteiger charge is -2.24. The minimum absolute atomic E-state index is 0.0418. The van der Waals surface area contributed by atoms with Gasteiger partial charge in [-0.1, -0.05) is 6.07 Å². The number of nitro groups is 1. The molecule has 10 heteroatoms. The molecular formula is C20H17N3O7. The molecule has 1 amide bonds. The van der Waals surface area contributed by atoms with E-state index in [0.29, 0.717) is 30.4 Å². The molecule has 0 unspecified atom stereocenters. The fourth-order valence-corrected chi connectivity index (χ4v) is 2.79. The van der Waals surface area contributed by atoms with Gasteiger partial charge in [-0.05, 0) is 18.2 Å². The molecule has 0 fully saturated rings. The van der Waals surface area contributed by atoms with E-state index in [-0.39, 0.29) is 24.2 Å². The number of nitriles is 1. The molecule has 0 saturated heterocycles. The van der Waals surface area contributed by atoms with Crippen LogP contribution in [0.15, 0.2) is 42.5 Å². The van der Waals surface area contributed by atoms with Gasteiger partial charge in [0.2, 0.25) is 0 Å². The first-order valence-electron chi connectivity index (χ1n) is 8.98. The van der Waals surface area contributed by atoms with E-state index in [2.05, 4.69) is 0 Å². The number of hydrogen-bond donors (Lipinski definition) is 0. The molecule has 0 aromatic heterocycles. The van der Waals surface area contributed by atoms with Crippen LogP contribution in [0.5, 0.6) is 11.5 Å². The summed E-state index contributed by atoms with van der Waals surface area (Å²) in [5, 5.41) is 19.7. The lowest BCUT2D eigenvalue weighted by atomic mass is 10.2. The maximum atomic E-state index is 12.7. The Bertz CT molecular complexity index is 1020. The first-order chi connectivity index (χ1) is 14.5. The van der Waals surface area contributed by atoms with E-state index in [1.165, 1.54) is 23.1 Å². The molecule has 0 saturated carbocycles. The molecule has 0 atom stereocenters. The summed E-state index contributed by atoms with van der Waals surface area (Å²) >= 11 is 0. The van der Waals surface area contributed by atoms with E-state index in [1.54, 1.807) is 18.2 Å². The van der Waals surface area contributed by atoms with Gasteiger partial charge in [0.1, 0.15) is 13.2 Å². The highest BCUT2D eigenvalue weighted by Crippen LogP contribution is 2.34. The minimum atomic E-state index is -0.866. The van der Waals surface area contributed by atoms with Crippen LogP contribution in [0.2, 0.25) is 0 Å². The van der Waals surface area contributed by atoms with Crippen LogP contribution in [-0.2, 0) is 9.53 Å². The Morgan fingerprint density at radius 1 is 1.17 bits per heavy atom. The number of nitro benzene ring substituents is 1. The van der Waals surface area contributed by atoms with Gasteiger partial charge in [-0.25, -0.2) is 4.79 Å². The molecule has 30 heavy (non-hydrogen) atoms. The van der Waals surface area contributed by atoms with E-state index in [4.69, 9.17) is 19.5 Å². The Kier molecular flexibility index (Phi) is 6.44. The van der Waals surface area contributed by atoms with Crippen LogP contribution in [0.3, 0.4) is 0 Å². The van der Waals surface area contributed by atoms with Gasteiger partial charge >= 0.3 is 5.97 Å². The molecule has 0 bridgehead atoms. The summed E-state index contributed by atoms with van der Waals surface area (Å²) < 4.78 is 16.0. The molecule has 2 aromatic carbocycles. The lowest BCUT2D eigenvalue weighted by molar-refractivity contribution is -0.384. The van der Waals surface area contributed by atoms with Gasteiger partial charge in [0.25, 0.3) is 11.6 Å². The summed E-state index contributed by atoms with van der Waals surface area (Å²) in [5.41, 5.74) is 0.161. The van der Waals surface area contributed by atoms with Crippen LogP contribution in [0.25, 0.3) is 0 Å². The highest BCUT2D eigenvalue weighted by molar-refractivity contribution is 5.97. The molecule has 0 aliphatic carbocycles. The minimum Gasteiger partial charge on any atom is -0.486 e. The van der Waals surface area contributed by atoms with Gasteiger partial charge in [-0.15, -0.1) is 0 Å². The van der Waals surface area contributed by atoms with E-state index in [9.17, 15) is 19.7 Å². The summed E-state index contributed by atoms with van der Waals surface area (Å²) in [6.07, 6.45) is 0.0685. The standard InChI is InChI=1S/C20H17N3O7/c21-7-2-8-22(15-5-6-17-18(12-15)29-10-9-28-17)19(24)13-30-20(25)14-3-1-4-16(11-14)23(26)27/h1,3-6,11-12H,2,8-10,13H2. The second kappa shape index (κ2) is 9.38. The number of amides is 1. The number of carbonyl (C=O) groups is 2. The summed E-state index contributed by atoms with van der Waals surface area (Å²) in [6.45, 7) is 0.297. The van der Waals surface area contributed by atoms with E-state index >= 15 is 0 Å². The number of rotatable bonds is 7. The van der Waals surface area contributed by atoms with Gasteiger partial charge in [0.05, 0.1) is 23.0 Å². The molecule has 1 aliphatic heterocycles. The Morgan fingerprint density at radius 3 is 2.67 bits per heavy atom. The van der Waals surface area contributed by atoms with Crippen molar-refractivity contribution >= 4 is 23.3 Å². The van der Waals surface area contributed by atoms with Gasteiger partial charge < -0.3 is 19.1 Å². The first-order valence-corrected chi connectivity index (χ1v) is 8.98. The number of fused-ring (bicyclic) bond motifs is 1. The van der Waals surface area contributed by atoms with Crippen molar-refractivity contribution in [3.63, 3.8) is 0 Å². The maximum absolute atomic E-state index is 12.7. The summed E-state index contributed by atoms with van der Waals surface area (Å²) in [6, 6.07) is 11.9. The Balaban J connectivity index is 1.71. The number of benzene rings is 2. The number of carbonyl (C=O) groups excluding carboxylic acids is 2. The molecule has 0 spiro atoms. The number of ether oxygens (including phenoxy) is 3. The molecular weight excluding hydrogens is 394 g/mol. The van der Waals surface area contributed by atoms with E-state index < -0.39 is 23.4 Å². The summed E-state index contributed by atoms with van der Waals surface area (Å²) in [5.74, 6) is -0.396. The van der Waals surface area contributed by atoms with Crippen LogP contribution in [-0.4, -0.2) is 43.2 Å². The van der Waals surface area contributed by atoms with Gasteiger partial charge in [0.15, 0.2) is 18.1 Å². The first kappa shape index (κ1) is 20.6. The molecule has 3 rings (SSSR count). The molecule has 0 N–H and O–H groups in total. The highest BCUT2D eigenvalue weighted by Gasteiger charge is 2.21. The van der Waals surface area contributed by atoms with Crippen LogP contribution in [0.1, 0.15) is 16.8 Å². The number of hydrogen-bond acceptors (Lipinski definition) is 8. The predicted molar refractivity (Wildman–Crippen MR) is 103 cm³/mol. The third-order valence-corrected chi connectivity index (χ3v) is 4.21. The van der Waals surface area contributed by atoms with Crippen molar-refractivity contribution < 1.29 is 28.7 Å². The van der Waals surface area contributed by atoms with Crippen molar-refractivity contribution in [1.82, 2.24) is 0 Å². The quantitative estimate of drug-likeness (QED) is 0.386. The van der Waals surface area contributed by atoms with E-state index in [0.717, 1.165) is 6.07 Å². The SMILES string of the molecule is N#CCCN(C(=O)COC(=O)c1cccc([N+](=O)[O-])c1)c1ccc2c(c1)OCCO2.